The van der Waals surface area contributed by atoms with Gasteiger partial charge in [-0.3, -0.25) is 4.79 Å². The van der Waals surface area contributed by atoms with Crippen LogP contribution in [0.5, 0.6) is 5.75 Å². The van der Waals surface area contributed by atoms with Gasteiger partial charge in [0.2, 0.25) is 0 Å². The van der Waals surface area contributed by atoms with Crippen molar-refractivity contribution in [2.24, 2.45) is 16.8 Å². The monoisotopic (exact) mass is 279 g/mol. The van der Waals surface area contributed by atoms with E-state index in [0.717, 1.165) is 0 Å². The van der Waals surface area contributed by atoms with Gasteiger partial charge < -0.3 is 21.0 Å². The van der Waals surface area contributed by atoms with Crippen LogP contribution in [0.3, 0.4) is 0 Å². The first-order valence-electron chi connectivity index (χ1n) is 6.44. The highest BCUT2D eigenvalue weighted by Gasteiger charge is 2.11. The molecule has 0 aromatic heterocycles. The predicted molar refractivity (Wildman–Crippen MR) is 76.9 cm³/mol. The normalized spacial score (nSPS) is 13.1. The zero-order valence-electron chi connectivity index (χ0n) is 12.0. The first-order chi connectivity index (χ1) is 9.43. The number of nitrogens with two attached hydrogens (primary N) is 1. The van der Waals surface area contributed by atoms with E-state index in [1.54, 1.807) is 24.3 Å². The summed E-state index contributed by atoms with van der Waals surface area (Å²) < 4.78 is 5.36. The standard InChI is InChI=1S/C14H21N3O3/c1-9(2)10(3)16-13(18)8-20-12-6-4-11(5-7-12)14(15)17-19/h4-7,9-10,19H,8H2,1-3H3,(H2,15,17)(H,16,18). The van der Waals surface area contributed by atoms with Crippen molar-refractivity contribution >= 4 is 11.7 Å². The van der Waals surface area contributed by atoms with E-state index >= 15 is 0 Å². The Hall–Kier alpha value is -2.24. The van der Waals surface area contributed by atoms with E-state index in [2.05, 4.69) is 10.5 Å². The van der Waals surface area contributed by atoms with Gasteiger partial charge in [0.15, 0.2) is 12.4 Å². The molecule has 1 aromatic carbocycles. The van der Waals surface area contributed by atoms with Gasteiger partial charge in [-0.05, 0) is 37.1 Å². The maximum absolute atomic E-state index is 11.6. The number of hydrogen-bond donors (Lipinski definition) is 3. The molecule has 1 rings (SSSR count). The Morgan fingerprint density at radius 2 is 1.95 bits per heavy atom. The fourth-order valence-corrected chi connectivity index (χ4v) is 1.39. The minimum Gasteiger partial charge on any atom is -0.484 e. The Balaban J connectivity index is 2.48. The minimum atomic E-state index is -0.160. The lowest BCUT2D eigenvalue weighted by Crippen LogP contribution is -2.38. The van der Waals surface area contributed by atoms with Gasteiger partial charge in [-0.1, -0.05) is 19.0 Å². The van der Waals surface area contributed by atoms with Crippen LogP contribution < -0.4 is 15.8 Å². The van der Waals surface area contributed by atoms with Gasteiger partial charge in [0.25, 0.3) is 5.91 Å². The van der Waals surface area contributed by atoms with Crippen LogP contribution in [-0.2, 0) is 4.79 Å². The maximum Gasteiger partial charge on any atom is 0.258 e. The second-order valence-corrected chi connectivity index (χ2v) is 4.90. The maximum atomic E-state index is 11.6. The van der Waals surface area contributed by atoms with Crippen molar-refractivity contribution in [2.75, 3.05) is 6.61 Å². The molecule has 6 heteroatoms. The molecule has 0 bridgehead atoms. The number of oxime groups is 1. The van der Waals surface area contributed by atoms with Gasteiger partial charge in [-0.2, -0.15) is 0 Å². The van der Waals surface area contributed by atoms with Crippen LogP contribution >= 0.6 is 0 Å². The largest absolute Gasteiger partial charge is 0.484 e. The molecule has 1 unspecified atom stereocenters. The number of amidine groups is 1. The average Bonchev–Trinajstić information content (AvgIpc) is 2.44. The number of benzene rings is 1. The van der Waals surface area contributed by atoms with Crippen LogP contribution in [0.25, 0.3) is 0 Å². The first kappa shape index (κ1) is 15.8. The molecule has 0 fully saturated rings. The Bertz CT molecular complexity index is 469. The average molecular weight is 279 g/mol. The van der Waals surface area contributed by atoms with Crippen LogP contribution in [0.1, 0.15) is 26.3 Å². The molecule has 6 nitrogen and oxygen atoms in total. The number of nitrogens with zero attached hydrogens (tertiary/aromatic N) is 1. The summed E-state index contributed by atoms with van der Waals surface area (Å²) in [6.07, 6.45) is 0. The van der Waals surface area contributed by atoms with Crippen molar-refractivity contribution in [1.82, 2.24) is 5.32 Å². The smallest absolute Gasteiger partial charge is 0.258 e. The summed E-state index contributed by atoms with van der Waals surface area (Å²) in [5, 5.41) is 14.3. The van der Waals surface area contributed by atoms with Crippen molar-refractivity contribution in [3.63, 3.8) is 0 Å². The van der Waals surface area contributed by atoms with Crippen LogP contribution in [0.4, 0.5) is 0 Å². The van der Waals surface area contributed by atoms with E-state index in [4.69, 9.17) is 15.7 Å². The first-order valence-corrected chi connectivity index (χ1v) is 6.44. The molecule has 0 saturated heterocycles. The molecule has 0 heterocycles. The Morgan fingerprint density at radius 3 is 2.45 bits per heavy atom. The summed E-state index contributed by atoms with van der Waals surface area (Å²) in [7, 11) is 0. The lowest BCUT2D eigenvalue weighted by atomic mass is 10.1. The van der Waals surface area contributed by atoms with E-state index in [0.29, 0.717) is 17.2 Å². The van der Waals surface area contributed by atoms with Gasteiger partial charge in [0, 0.05) is 11.6 Å². The lowest BCUT2D eigenvalue weighted by molar-refractivity contribution is -0.124. The highest BCUT2D eigenvalue weighted by Crippen LogP contribution is 2.12. The van der Waals surface area contributed by atoms with Crippen molar-refractivity contribution in [1.29, 1.82) is 0 Å². The van der Waals surface area contributed by atoms with Crippen molar-refractivity contribution in [3.05, 3.63) is 29.8 Å². The fraction of sp³-hybridized carbons (Fsp3) is 0.429. The summed E-state index contributed by atoms with van der Waals surface area (Å²) in [6, 6.07) is 6.73. The number of nitrogens with one attached hydrogen (secondary N) is 1. The lowest BCUT2D eigenvalue weighted by Gasteiger charge is -2.17. The van der Waals surface area contributed by atoms with Gasteiger partial charge >= 0.3 is 0 Å². The van der Waals surface area contributed by atoms with E-state index in [-0.39, 0.29) is 24.4 Å². The van der Waals surface area contributed by atoms with Crippen molar-refractivity contribution in [3.8, 4) is 5.75 Å². The molecule has 0 aliphatic carbocycles. The second kappa shape index (κ2) is 7.37. The predicted octanol–water partition coefficient (Wildman–Crippen LogP) is 1.32. The zero-order valence-corrected chi connectivity index (χ0v) is 12.0. The quantitative estimate of drug-likeness (QED) is 0.316. The fourth-order valence-electron chi connectivity index (χ4n) is 1.39. The highest BCUT2D eigenvalue weighted by molar-refractivity contribution is 5.97. The Labute approximate surface area is 118 Å². The summed E-state index contributed by atoms with van der Waals surface area (Å²) in [5.74, 6) is 0.789. The molecule has 1 atom stereocenters. The summed E-state index contributed by atoms with van der Waals surface area (Å²) in [6.45, 7) is 5.99. The summed E-state index contributed by atoms with van der Waals surface area (Å²) in [5.41, 5.74) is 6.03. The zero-order chi connectivity index (χ0) is 15.1. The van der Waals surface area contributed by atoms with Crippen LogP contribution in [0.2, 0.25) is 0 Å². The van der Waals surface area contributed by atoms with Crippen molar-refractivity contribution < 1.29 is 14.7 Å². The van der Waals surface area contributed by atoms with Crippen molar-refractivity contribution in [2.45, 2.75) is 26.8 Å². The molecule has 0 spiro atoms. The molecule has 110 valence electrons. The molecular formula is C14H21N3O3. The van der Waals surface area contributed by atoms with Crippen LogP contribution in [0.15, 0.2) is 29.4 Å². The Kier molecular flexibility index (Phi) is 5.83. The SMILES string of the molecule is CC(C)C(C)NC(=O)COc1ccc(/C(N)=N/O)cc1. The molecular weight excluding hydrogens is 258 g/mol. The molecule has 1 amide bonds. The van der Waals surface area contributed by atoms with Gasteiger partial charge in [-0.25, -0.2) is 0 Å². The molecule has 0 aliphatic heterocycles. The molecule has 0 aliphatic rings. The number of rotatable bonds is 6. The number of hydrogen-bond acceptors (Lipinski definition) is 4. The minimum absolute atomic E-state index is 0.0278. The molecule has 0 saturated carbocycles. The topological polar surface area (TPSA) is 96.9 Å². The number of ether oxygens (including phenoxy) is 1. The molecule has 20 heavy (non-hydrogen) atoms. The Morgan fingerprint density at radius 1 is 1.35 bits per heavy atom. The van der Waals surface area contributed by atoms with E-state index < -0.39 is 0 Å². The highest BCUT2D eigenvalue weighted by atomic mass is 16.5. The van der Waals surface area contributed by atoms with Gasteiger partial charge in [-0.15, -0.1) is 0 Å². The summed E-state index contributed by atoms with van der Waals surface area (Å²) in [4.78, 5) is 11.6. The number of amides is 1. The molecule has 4 N–H and O–H groups in total. The third-order valence-corrected chi connectivity index (χ3v) is 3.02. The van der Waals surface area contributed by atoms with Crippen LogP contribution in [0, 0.1) is 5.92 Å². The van der Waals surface area contributed by atoms with E-state index in [1.165, 1.54) is 0 Å². The van der Waals surface area contributed by atoms with E-state index in [1.807, 2.05) is 20.8 Å². The third-order valence-electron chi connectivity index (χ3n) is 3.02. The molecule has 1 aromatic rings. The molecule has 0 radical (unpaired) electrons. The van der Waals surface area contributed by atoms with Gasteiger partial charge in [0.1, 0.15) is 5.75 Å². The van der Waals surface area contributed by atoms with E-state index in [9.17, 15) is 4.79 Å². The summed E-state index contributed by atoms with van der Waals surface area (Å²) >= 11 is 0. The second-order valence-electron chi connectivity index (χ2n) is 4.90. The number of carbonyl (C=O) groups excluding carboxylic acids is 1. The van der Waals surface area contributed by atoms with Gasteiger partial charge in [0.05, 0.1) is 0 Å². The number of carbonyl (C=O) groups is 1. The third kappa shape index (κ3) is 4.79. The van der Waals surface area contributed by atoms with Crippen LogP contribution in [-0.4, -0.2) is 29.6 Å².